The van der Waals surface area contributed by atoms with Crippen LogP contribution in [0.3, 0.4) is 0 Å². The zero-order valence-electron chi connectivity index (χ0n) is 10.1. The molecule has 0 unspecified atom stereocenters. The molecular weight excluding hydrogens is 375 g/mol. The van der Waals surface area contributed by atoms with Gasteiger partial charge in [0.05, 0.1) is 5.02 Å². The van der Waals surface area contributed by atoms with Crippen molar-refractivity contribution in [1.29, 1.82) is 0 Å². The van der Waals surface area contributed by atoms with E-state index in [0.29, 0.717) is 10.6 Å². The summed E-state index contributed by atoms with van der Waals surface area (Å²) < 4.78 is 0.752. The van der Waals surface area contributed by atoms with E-state index in [9.17, 15) is 9.59 Å². The molecule has 0 amide bonds. The van der Waals surface area contributed by atoms with Crippen LogP contribution in [0.5, 0.6) is 0 Å². The Kier molecular flexibility index (Phi) is 4.37. The van der Waals surface area contributed by atoms with E-state index < -0.39 is 11.6 Å². The predicted octanol–water partition coefficient (Wildman–Crippen LogP) is 4.32. The van der Waals surface area contributed by atoms with Crippen molar-refractivity contribution >= 4 is 45.8 Å². The number of halogens is 2. The summed E-state index contributed by atoms with van der Waals surface area (Å²) in [6.07, 6.45) is 0. The number of carbonyl (C=O) groups is 2. The molecule has 0 aliphatic rings. The summed E-state index contributed by atoms with van der Waals surface area (Å²) >= 11 is 8.06. The lowest BCUT2D eigenvalue weighted by Crippen LogP contribution is -2.16. The molecule has 2 aromatic carbocycles. The highest BCUT2D eigenvalue weighted by Gasteiger charge is 2.22. The third-order valence-corrected chi connectivity index (χ3v) is 3.95. The van der Waals surface area contributed by atoms with Gasteiger partial charge >= 0.3 is 0 Å². The lowest BCUT2D eigenvalue weighted by atomic mass is 10.0. The van der Waals surface area contributed by atoms with Gasteiger partial charge in [0.15, 0.2) is 0 Å². The fourth-order valence-corrected chi connectivity index (χ4v) is 2.65. The maximum absolute atomic E-state index is 12.2. The van der Waals surface area contributed by atoms with Crippen molar-refractivity contribution in [3.8, 4) is 0 Å². The molecular formula is C15H10ClIO2. The van der Waals surface area contributed by atoms with Gasteiger partial charge in [-0.25, -0.2) is 0 Å². The van der Waals surface area contributed by atoms with Crippen molar-refractivity contribution in [2.45, 2.75) is 6.92 Å². The summed E-state index contributed by atoms with van der Waals surface area (Å²) in [5.41, 5.74) is 1.60. The molecule has 0 N–H and O–H groups in total. The molecule has 0 atom stereocenters. The second-order valence-corrected chi connectivity index (χ2v) is 5.69. The molecule has 0 spiro atoms. The minimum Gasteiger partial charge on any atom is -0.285 e. The van der Waals surface area contributed by atoms with Crippen LogP contribution in [0.15, 0.2) is 42.5 Å². The third-order valence-electron chi connectivity index (χ3n) is 2.69. The summed E-state index contributed by atoms with van der Waals surface area (Å²) in [6, 6.07) is 12.0. The van der Waals surface area contributed by atoms with E-state index >= 15 is 0 Å². The van der Waals surface area contributed by atoms with Crippen LogP contribution in [0.4, 0.5) is 0 Å². The van der Waals surface area contributed by atoms with Crippen LogP contribution < -0.4 is 0 Å². The smallest absolute Gasteiger partial charge is 0.235 e. The number of rotatable bonds is 3. The van der Waals surface area contributed by atoms with Crippen LogP contribution in [-0.2, 0) is 0 Å². The van der Waals surface area contributed by atoms with Crippen LogP contribution in [-0.4, -0.2) is 11.6 Å². The van der Waals surface area contributed by atoms with E-state index in [1.165, 1.54) is 0 Å². The molecule has 0 bridgehead atoms. The molecule has 0 fully saturated rings. The Balaban J connectivity index is 2.40. The van der Waals surface area contributed by atoms with E-state index in [4.69, 9.17) is 11.6 Å². The van der Waals surface area contributed by atoms with Gasteiger partial charge in [0.25, 0.3) is 0 Å². The van der Waals surface area contributed by atoms with Gasteiger partial charge in [0.1, 0.15) is 0 Å². The number of hydrogen-bond acceptors (Lipinski definition) is 2. The lowest BCUT2D eigenvalue weighted by Gasteiger charge is -2.05. The van der Waals surface area contributed by atoms with E-state index in [1.807, 2.05) is 35.6 Å². The number of benzene rings is 2. The first kappa shape index (κ1) is 14.2. The van der Waals surface area contributed by atoms with Gasteiger partial charge < -0.3 is 0 Å². The van der Waals surface area contributed by atoms with Gasteiger partial charge in [-0.3, -0.25) is 9.59 Å². The Labute approximate surface area is 129 Å². The molecule has 2 aromatic rings. The van der Waals surface area contributed by atoms with Crippen molar-refractivity contribution in [2.24, 2.45) is 0 Å². The normalized spacial score (nSPS) is 10.3. The fraction of sp³-hybridized carbons (Fsp3) is 0.0667. The molecule has 96 valence electrons. The number of carbonyl (C=O) groups excluding carboxylic acids is 2. The van der Waals surface area contributed by atoms with E-state index in [0.717, 1.165) is 9.13 Å². The van der Waals surface area contributed by atoms with E-state index in [2.05, 4.69) is 0 Å². The summed E-state index contributed by atoms with van der Waals surface area (Å²) in [7, 11) is 0. The van der Waals surface area contributed by atoms with Gasteiger partial charge in [-0.15, -0.1) is 0 Å². The molecule has 0 saturated carbocycles. The van der Waals surface area contributed by atoms with Crippen LogP contribution in [0.2, 0.25) is 5.02 Å². The summed E-state index contributed by atoms with van der Waals surface area (Å²) in [5, 5.41) is 0.310. The number of aryl methyl sites for hydroxylation is 1. The molecule has 0 radical (unpaired) electrons. The van der Waals surface area contributed by atoms with Crippen molar-refractivity contribution in [3.05, 3.63) is 67.7 Å². The second kappa shape index (κ2) is 5.84. The van der Waals surface area contributed by atoms with Crippen LogP contribution >= 0.6 is 34.2 Å². The SMILES string of the molecule is Cc1ccc(C(=O)C(=O)c2ccccc2I)c(Cl)c1. The molecule has 2 rings (SSSR count). The largest absolute Gasteiger partial charge is 0.285 e. The quantitative estimate of drug-likeness (QED) is 0.449. The monoisotopic (exact) mass is 384 g/mol. The Bertz CT molecular complexity index is 665. The second-order valence-electron chi connectivity index (χ2n) is 4.12. The first-order valence-electron chi connectivity index (χ1n) is 5.60. The standard InChI is InChI=1S/C15H10ClIO2/c1-9-6-7-10(12(16)8-9)14(18)15(19)11-4-2-3-5-13(11)17/h2-8H,1H3. The molecule has 4 heteroatoms. The Morgan fingerprint density at radius 1 is 1.00 bits per heavy atom. The van der Waals surface area contributed by atoms with Gasteiger partial charge in [-0.05, 0) is 59.3 Å². The summed E-state index contributed by atoms with van der Waals surface area (Å²) in [6.45, 7) is 1.88. The van der Waals surface area contributed by atoms with E-state index in [1.54, 1.807) is 36.4 Å². The average molecular weight is 385 g/mol. The topological polar surface area (TPSA) is 34.1 Å². The molecule has 0 saturated heterocycles. The number of Topliss-reactive ketones (excluding diaryl/α,β-unsaturated/α-hetero) is 2. The van der Waals surface area contributed by atoms with Gasteiger partial charge in [0, 0.05) is 14.7 Å². The van der Waals surface area contributed by atoms with Crippen LogP contribution in [0, 0.1) is 10.5 Å². The maximum Gasteiger partial charge on any atom is 0.235 e. The number of ketones is 2. The fourth-order valence-electron chi connectivity index (χ4n) is 1.69. The van der Waals surface area contributed by atoms with E-state index in [-0.39, 0.29) is 5.56 Å². The Morgan fingerprint density at radius 3 is 2.26 bits per heavy atom. The first-order valence-corrected chi connectivity index (χ1v) is 7.06. The zero-order chi connectivity index (χ0) is 14.0. The summed E-state index contributed by atoms with van der Waals surface area (Å²) in [4.78, 5) is 24.4. The van der Waals surface area contributed by atoms with Crippen molar-refractivity contribution in [1.82, 2.24) is 0 Å². The Morgan fingerprint density at radius 2 is 1.63 bits per heavy atom. The minimum atomic E-state index is -0.575. The zero-order valence-corrected chi connectivity index (χ0v) is 13.0. The molecule has 0 heterocycles. The van der Waals surface area contributed by atoms with Crippen molar-refractivity contribution < 1.29 is 9.59 Å². The molecule has 2 nitrogen and oxygen atoms in total. The predicted molar refractivity (Wildman–Crippen MR) is 84.0 cm³/mol. The summed E-state index contributed by atoms with van der Waals surface area (Å²) in [5.74, 6) is -1.11. The lowest BCUT2D eigenvalue weighted by molar-refractivity contribution is 0.0816. The maximum atomic E-state index is 12.2. The van der Waals surface area contributed by atoms with Crippen LogP contribution in [0.1, 0.15) is 26.3 Å². The van der Waals surface area contributed by atoms with Gasteiger partial charge in [-0.2, -0.15) is 0 Å². The minimum absolute atomic E-state index is 0.247. The molecule has 0 aromatic heterocycles. The highest BCUT2D eigenvalue weighted by atomic mass is 127. The van der Waals surface area contributed by atoms with Crippen molar-refractivity contribution in [2.75, 3.05) is 0 Å². The Hall–Kier alpha value is -1.20. The highest BCUT2D eigenvalue weighted by molar-refractivity contribution is 14.1. The molecule has 0 aliphatic carbocycles. The van der Waals surface area contributed by atoms with Gasteiger partial charge in [-0.1, -0.05) is 29.8 Å². The molecule has 0 aliphatic heterocycles. The van der Waals surface area contributed by atoms with Gasteiger partial charge in [0.2, 0.25) is 11.6 Å². The van der Waals surface area contributed by atoms with Crippen molar-refractivity contribution in [3.63, 3.8) is 0 Å². The van der Waals surface area contributed by atoms with Crippen LogP contribution in [0.25, 0.3) is 0 Å². The first-order chi connectivity index (χ1) is 9.00. The molecule has 19 heavy (non-hydrogen) atoms. The number of hydrogen-bond donors (Lipinski definition) is 0. The third kappa shape index (κ3) is 3.04. The highest BCUT2D eigenvalue weighted by Crippen LogP contribution is 2.21. The average Bonchev–Trinajstić information content (AvgIpc) is 2.38.